The molecule has 0 aliphatic heterocycles. The third-order valence-electron chi connectivity index (χ3n) is 3.07. The van der Waals surface area contributed by atoms with E-state index in [4.69, 9.17) is 9.47 Å². The lowest BCUT2D eigenvalue weighted by atomic mass is 10.2. The highest BCUT2D eigenvalue weighted by Crippen LogP contribution is 2.31. The van der Waals surface area contributed by atoms with Gasteiger partial charge in [0.15, 0.2) is 5.75 Å². The lowest BCUT2D eigenvalue weighted by Crippen LogP contribution is -1.85. The normalized spacial score (nSPS) is 10.6. The number of hydrogen-bond donors (Lipinski definition) is 1. The van der Waals surface area contributed by atoms with Gasteiger partial charge in [-0.05, 0) is 36.8 Å². The van der Waals surface area contributed by atoms with Crippen molar-refractivity contribution < 1.29 is 9.47 Å². The molecule has 3 nitrogen and oxygen atoms in total. The molecule has 0 spiro atoms. The van der Waals surface area contributed by atoms with E-state index in [0.717, 1.165) is 28.2 Å². The fourth-order valence-electron chi connectivity index (χ4n) is 2.09. The zero-order valence-electron chi connectivity index (χ0n) is 10.9. The molecule has 0 aliphatic rings. The van der Waals surface area contributed by atoms with Crippen molar-refractivity contribution in [1.29, 1.82) is 0 Å². The van der Waals surface area contributed by atoms with Gasteiger partial charge in [0.05, 0.1) is 7.11 Å². The molecule has 0 saturated heterocycles. The third kappa shape index (κ3) is 2.27. The predicted octanol–water partition coefficient (Wildman–Crippen LogP) is 4.28. The molecule has 2 aromatic carbocycles. The summed E-state index contributed by atoms with van der Waals surface area (Å²) in [6.45, 7) is 2.07. The number of aromatic nitrogens is 1. The van der Waals surface area contributed by atoms with Crippen molar-refractivity contribution in [2.75, 3.05) is 7.11 Å². The average Bonchev–Trinajstić information content (AvgIpc) is 2.81. The summed E-state index contributed by atoms with van der Waals surface area (Å²) < 4.78 is 11.1. The van der Waals surface area contributed by atoms with E-state index in [1.54, 1.807) is 7.11 Å². The highest BCUT2D eigenvalue weighted by molar-refractivity contribution is 5.86. The molecule has 3 aromatic rings. The molecular formula is C16H15NO2. The summed E-state index contributed by atoms with van der Waals surface area (Å²) in [5, 5.41) is 1.08. The number of nitrogens with one attached hydrogen (secondary N) is 1. The molecular weight excluding hydrogens is 238 g/mol. The van der Waals surface area contributed by atoms with E-state index in [1.165, 1.54) is 5.56 Å². The number of H-pyrrole nitrogens is 1. The van der Waals surface area contributed by atoms with E-state index in [-0.39, 0.29) is 0 Å². The minimum absolute atomic E-state index is 0.765. The Hall–Kier alpha value is -2.42. The maximum atomic E-state index is 5.90. The fourth-order valence-corrected chi connectivity index (χ4v) is 2.09. The van der Waals surface area contributed by atoms with Crippen molar-refractivity contribution in [1.82, 2.24) is 4.98 Å². The van der Waals surface area contributed by atoms with Crippen molar-refractivity contribution in [2.45, 2.75) is 6.92 Å². The Bertz CT molecular complexity index is 716. The highest BCUT2D eigenvalue weighted by atomic mass is 16.5. The first-order valence-corrected chi connectivity index (χ1v) is 6.16. The topological polar surface area (TPSA) is 34.2 Å². The Morgan fingerprint density at radius 3 is 2.68 bits per heavy atom. The molecule has 0 aliphatic carbocycles. The number of rotatable bonds is 3. The summed E-state index contributed by atoms with van der Waals surface area (Å²) in [7, 11) is 1.65. The van der Waals surface area contributed by atoms with E-state index in [9.17, 15) is 0 Å². The van der Waals surface area contributed by atoms with Crippen LogP contribution in [0.5, 0.6) is 17.2 Å². The van der Waals surface area contributed by atoms with Gasteiger partial charge in [0.1, 0.15) is 11.5 Å². The number of aromatic amines is 1. The lowest BCUT2D eigenvalue weighted by Gasteiger charge is -2.06. The minimum Gasteiger partial charge on any atom is -0.497 e. The molecule has 19 heavy (non-hydrogen) atoms. The summed E-state index contributed by atoms with van der Waals surface area (Å²) in [5.74, 6) is 2.37. The molecule has 3 heteroatoms. The van der Waals surface area contributed by atoms with Crippen LogP contribution < -0.4 is 9.47 Å². The lowest BCUT2D eigenvalue weighted by molar-refractivity contribution is 0.409. The van der Waals surface area contributed by atoms with Gasteiger partial charge in [0.25, 0.3) is 0 Å². The molecule has 0 bridgehead atoms. The van der Waals surface area contributed by atoms with Crippen molar-refractivity contribution in [3.05, 3.63) is 54.2 Å². The first kappa shape index (κ1) is 11.7. The largest absolute Gasteiger partial charge is 0.497 e. The minimum atomic E-state index is 0.765. The van der Waals surface area contributed by atoms with Crippen LogP contribution in [0.1, 0.15) is 5.56 Å². The number of aryl methyl sites for hydroxylation is 1. The van der Waals surface area contributed by atoms with Crippen LogP contribution in [0.25, 0.3) is 10.9 Å². The van der Waals surface area contributed by atoms with Crippen molar-refractivity contribution in [2.24, 2.45) is 0 Å². The molecule has 0 fully saturated rings. The second-order valence-electron chi connectivity index (χ2n) is 4.48. The molecule has 1 N–H and O–H groups in total. The van der Waals surface area contributed by atoms with Crippen LogP contribution in [0.2, 0.25) is 0 Å². The molecule has 0 atom stereocenters. The summed E-state index contributed by atoms with van der Waals surface area (Å²) in [5.41, 5.74) is 2.31. The average molecular weight is 253 g/mol. The van der Waals surface area contributed by atoms with Crippen LogP contribution in [-0.4, -0.2) is 12.1 Å². The summed E-state index contributed by atoms with van der Waals surface area (Å²) in [4.78, 5) is 3.22. The van der Waals surface area contributed by atoms with Gasteiger partial charge >= 0.3 is 0 Å². The Labute approximate surface area is 111 Å². The highest BCUT2D eigenvalue weighted by Gasteiger charge is 2.06. The van der Waals surface area contributed by atoms with Crippen molar-refractivity contribution in [3.63, 3.8) is 0 Å². The number of hydrogen-bond acceptors (Lipinski definition) is 2. The van der Waals surface area contributed by atoms with Crippen molar-refractivity contribution in [3.8, 4) is 17.2 Å². The molecule has 1 aromatic heterocycles. The first-order chi connectivity index (χ1) is 9.26. The van der Waals surface area contributed by atoms with Crippen LogP contribution >= 0.6 is 0 Å². The second kappa shape index (κ2) is 4.69. The number of benzene rings is 2. The van der Waals surface area contributed by atoms with Gasteiger partial charge in [0, 0.05) is 23.2 Å². The maximum absolute atomic E-state index is 5.90. The van der Waals surface area contributed by atoms with E-state index < -0.39 is 0 Å². The quantitative estimate of drug-likeness (QED) is 0.756. The molecule has 96 valence electrons. The van der Waals surface area contributed by atoms with Crippen LogP contribution in [-0.2, 0) is 0 Å². The zero-order valence-corrected chi connectivity index (χ0v) is 10.9. The molecule has 0 radical (unpaired) electrons. The third-order valence-corrected chi connectivity index (χ3v) is 3.07. The Morgan fingerprint density at radius 2 is 1.84 bits per heavy atom. The monoisotopic (exact) mass is 253 g/mol. The van der Waals surface area contributed by atoms with Crippen LogP contribution in [0.15, 0.2) is 48.7 Å². The summed E-state index contributed by atoms with van der Waals surface area (Å²) >= 11 is 0. The molecule has 0 amide bonds. The number of fused-ring (bicyclic) bond motifs is 1. The van der Waals surface area contributed by atoms with Gasteiger partial charge in [-0.2, -0.15) is 0 Å². The zero-order chi connectivity index (χ0) is 13.2. The Balaban J connectivity index is 1.96. The second-order valence-corrected chi connectivity index (χ2v) is 4.48. The Morgan fingerprint density at radius 1 is 1.00 bits per heavy atom. The Kier molecular flexibility index (Phi) is 2.88. The van der Waals surface area contributed by atoms with E-state index in [2.05, 4.69) is 30.1 Å². The van der Waals surface area contributed by atoms with Gasteiger partial charge in [-0.25, -0.2) is 0 Å². The molecule has 0 unspecified atom stereocenters. The van der Waals surface area contributed by atoms with Gasteiger partial charge in [-0.15, -0.1) is 0 Å². The van der Waals surface area contributed by atoms with Crippen molar-refractivity contribution >= 4 is 10.9 Å². The van der Waals surface area contributed by atoms with E-state index in [1.807, 2.05) is 30.5 Å². The first-order valence-electron chi connectivity index (χ1n) is 6.16. The summed E-state index contributed by atoms with van der Waals surface area (Å²) in [6.07, 6.45) is 1.88. The van der Waals surface area contributed by atoms with Gasteiger partial charge < -0.3 is 14.5 Å². The SMILES string of the molecule is COc1cccc(Oc2c[nH]c3cc(C)ccc23)c1. The van der Waals surface area contributed by atoms with Crippen LogP contribution in [0.3, 0.4) is 0 Å². The summed E-state index contributed by atoms with van der Waals surface area (Å²) in [6, 6.07) is 13.8. The van der Waals surface area contributed by atoms with Crippen LogP contribution in [0, 0.1) is 6.92 Å². The molecule has 0 saturated carbocycles. The predicted molar refractivity (Wildman–Crippen MR) is 76.1 cm³/mol. The van der Waals surface area contributed by atoms with E-state index in [0.29, 0.717) is 0 Å². The number of ether oxygens (including phenoxy) is 2. The van der Waals surface area contributed by atoms with Gasteiger partial charge in [-0.3, -0.25) is 0 Å². The van der Waals surface area contributed by atoms with E-state index >= 15 is 0 Å². The molecule has 3 rings (SSSR count). The van der Waals surface area contributed by atoms with Gasteiger partial charge in [-0.1, -0.05) is 12.1 Å². The molecule has 1 heterocycles. The smallest absolute Gasteiger partial charge is 0.152 e. The number of methoxy groups -OCH3 is 1. The van der Waals surface area contributed by atoms with Gasteiger partial charge in [0.2, 0.25) is 0 Å². The fraction of sp³-hybridized carbons (Fsp3) is 0.125. The maximum Gasteiger partial charge on any atom is 0.152 e. The van der Waals surface area contributed by atoms with Crippen LogP contribution in [0.4, 0.5) is 0 Å². The standard InChI is InChI=1S/C16H15NO2/c1-11-6-7-14-15(8-11)17-10-16(14)19-13-5-3-4-12(9-13)18-2/h3-10,17H,1-2H3.